The van der Waals surface area contributed by atoms with Crippen LogP contribution in [0.1, 0.15) is 42.6 Å². The van der Waals surface area contributed by atoms with Gasteiger partial charge in [0.05, 0.1) is 0 Å². The molecule has 1 aromatic heterocycles. The lowest BCUT2D eigenvalue weighted by molar-refractivity contribution is 0.0682. The van der Waals surface area contributed by atoms with E-state index in [1.807, 2.05) is 6.07 Å². The summed E-state index contributed by atoms with van der Waals surface area (Å²) in [7, 11) is -1.85. The monoisotopic (exact) mass is 466 g/mol. The van der Waals surface area contributed by atoms with Gasteiger partial charge in [-0.3, -0.25) is 4.79 Å². The van der Waals surface area contributed by atoms with Gasteiger partial charge in [-0.15, -0.1) is 0 Å². The van der Waals surface area contributed by atoms with Crippen molar-refractivity contribution in [3.05, 3.63) is 41.0 Å². The van der Waals surface area contributed by atoms with E-state index in [1.54, 1.807) is 36.2 Å². The molecule has 168 valence electrons. The van der Waals surface area contributed by atoms with Crippen molar-refractivity contribution in [2.24, 2.45) is 0 Å². The van der Waals surface area contributed by atoms with Gasteiger partial charge in [-0.05, 0) is 25.0 Å². The summed E-state index contributed by atoms with van der Waals surface area (Å²) in [5.41, 5.74) is 0.936. The molecule has 1 aliphatic carbocycles. The van der Waals surface area contributed by atoms with Gasteiger partial charge < -0.3 is 9.42 Å². The van der Waals surface area contributed by atoms with Crippen molar-refractivity contribution in [1.82, 2.24) is 18.7 Å². The zero-order valence-electron chi connectivity index (χ0n) is 17.5. The van der Waals surface area contributed by atoms with E-state index in [2.05, 4.69) is 5.16 Å². The molecule has 1 saturated heterocycles. The predicted molar refractivity (Wildman–Crippen MR) is 118 cm³/mol. The number of carbonyl (C=O) groups is 1. The first-order valence-electron chi connectivity index (χ1n) is 10.6. The van der Waals surface area contributed by atoms with Crippen LogP contribution in [0, 0.1) is 0 Å². The summed E-state index contributed by atoms with van der Waals surface area (Å²) in [5, 5.41) is 4.47. The van der Waals surface area contributed by atoms with E-state index in [-0.39, 0.29) is 30.7 Å². The Morgan fingerprint density at radius 2 is 1.84 bits per heavy atom. The van der Waals surface area contributed by atoms with E-state index in [0.29, 0.717) is 23.9 Å². The van der Waals surface area contributed by atoms with Gasteiger partial charge in [0.25, 0.3) is 16.1 Å². The summed E-state index contributed by atoms with van der Waals surface area (Å²) in [6, 6.07) is 8.78. The number of piperazine rings is 1. The number of aromatic nitrogens is 1. The van der Waals surface area contributed by atoms with Crippen LogP contribution in [0.4, 0.5) is 0 Å². The molecular formula is C21H27ClN4O4S. The lowest BCUT2D eigenvalue weighted by atomic mass is 9.96. The highest BCUT2D eigenvalue weighted by atomic mass is 35.5. The average molecular weight is 467 g/mol. The number of nitrogens with zero attached hydrogens (tertiary/aromatic N) is 4. The Kier molecular flexibility index (Phi) is 6.66. The van der Waals surface area contributed by atoms with E-state index in [4.69, 9.17) is 16.1 Å². The van der Waals surface area contributed by atoms with Crippen LogP contribution in [0.2, 0.25) is 5.02 Å². The third-order valence-corrected chi connectivity index (χ3v) is 8.42. The molecule has 10 heteroatoms. The van der Waals surface area contributed by atoms with Crippen molar-refractivity contribution in [2.75, 3.05) is 33.2 Å². The Hall–Kier alpha value is -1.94. The van der Waals surface area contributed by atoms with Gasteiger partial charge in [-0.25, -0.2) is 0 Å². The summed E-state index contributed by atoms with van der Waals surface area (Å²) >= 11 is 6.01. The molecule has 1 amide bonds. The standard InChI is InChI=1S/C21H27ClN4O4S/c1-24(18-8-3-2-4-9-18)31(28,29)26-12-10-25(11-13-26)21(27)19-15-20(30-23-19)16-6-5-7-17(22)14-16/h5-7,14-15,18H,2-4,8-13H2,1H3. The number of amides is 1. The maximum Gasteiger partial charge on any atom is 0.282 e. The summed E-state index contributed by atoms with van der Waals surface area (Å²) in [6.07, 6.45) is 5.14. The smallest absolute Gasteiger partial charge is 0.282 e. The van der Waals surface area contributed by atoms with Gasteiger partial charge in [-0.2, -0.15) is 17.0 Å². The van der Waals surface area contributed by atoms with Gasteiger partial charge in [0.15, 0.2) is 11.5 Å². The minimum absolute atomic E-state index is 0.0680. The number of hydrogen-bond donors (Lipinski definition) is 0. The number of benzene rings is 1. The second-order valence-electron chi connectivity index (χ2n) is 8.09. The van der Waals surface area contributed by atoms with Crippen LogP contribution in [0.3, 0.4) is 0 Å². The molecule has 4 rings (SSSR count). The highest BCUT2D eigenvalue weighted by Gasteiger charge is 2.35. The van der Waals surface area contributed by atoms with E-state index in [0.717, 1.165) is 31.2 Å². The highest BCUT2D eigenvalue weighted by Crippen LogP contribution is 2.26. The maximum atomic E-state index is 13.0. The molecular weight excluding hydrogens is 440 g/mol. The molecule has 0 radical (unpaired) electrons. The van der Waals surface area contributed by atoms with Crippen molar-refractivity contribution in [1.29, 1.82) is 0 Å². The molecule has 31 heavy (non-hydrogen) atoms. The Morgan fingerprint density at radius 3 is 2.52 bits per heavy atom. The van der Waals surface area contributed by atoms with Crippen LogP contribution >= 0.6 is 11.6 Å². The first kappa shape index (κ1) is 22.3. The largest absolute Gasteiger partial charge is 0.355 e. The zero-order chi connectivity index (χ0) is 22.0. The molecule has 0 spiro atoms. The van der Waals surface area contributed by atoms with E-state index in [1.165, 1.54) is 15.0 Å². The van der Waals surface area contributed by atoms with Crippen molar-refractivity contribution < 1.29 is 17.7 Å². The Labute approximate surface area is 187 Å². The first-order chi connectivity index (χ1) is 14.9. The van der Waals surface area contributed by atoms with E-state index < -0.39 is 10.2 Å². The lowest BCUT2D eigenvalue weighted by Gasteiger charge is -2.38. The highest BCUT2D eigenvalue weighted by molar-refractivity contribution is 7.86. The van der Waals surface area contributed by atoms with E-state index in [9.17, 15) is 13.2 Å². The predicted octanol–water partition coefficient (Wildman–Crippen LogP) is 3.26. The van der Waals surface area contributed by atoms with Crippen molar-refractivity contribution in [2.45, 2.75) is 38.1 Å². The van der Waals surface area contributed by atoms with Gasteiger partial charge in [-0.1, -0.05) is 48.2 Å². The second-order valence-corrected chi connectivity index (χ2v) is 10.5. The summed E-state index contributed by atoms with van der Waals surface area (Å²) < 4.78 is 34.4. The normalized spacial score (nSPS) is 19.1. The Bertz CT molecular complexity index is 1030. The third kappa shape index (κ3) is 4.79. The molecule has 0 atom stereocenters. The van der Waals surface area contributed by atoms with Crippen LogP contribution in [0.15, 0.2) is 34.9 Å². The van der Waals surface area contributed by atoms with Crippen molar-refractivity contribution in [3.8, 4) is 11.3 Å². The lowest BCUT2D eigenvalue weighted by Crippen LogP contribution is -2.55. The molecule has 2 aliphatic rings. The fourth-order valence-corrected chi connectivity index (χ4v) is 6.02. The van der Waals surface area contributed by atoms with E-state index >= 15 is 0 Å². The first-order valence-corrected chi connectivity index (χ1v) is 12.4. The molecule has 1 saturated carbocycles. The maximum absolute atomic E-state index is 13.0. The molecule has 1 aliphatic heterocycles. The number of hydrogen-bond acceptors (Lipinski definition) is 5. The van der Waals surface area contributed by atoms with Gasteiger partial charge in [0.1, 0.15) is 0 Å². The van der Waals surface area contributed by atoms with Crippen LogP contribution in [-0.4, -0.2) is 72.3 Å². The summed E-state index contributed by atoms with van der Waals surface area (Å²) in [6.45, 7) is 1.17. The van der Waals surface area contributed by atoms with Gasteiger partial charge >= 0.3 is 0 Å². The molecule has 8 nitrogen and oxygen atoms in total. The fraction of sp³-hybridized carbons (Fsp3) is 0.524. The Balaban J connectivity index is 1.38. The minimum Gasteiger partial charge on any atom is -0.355 e. The Morgan fingerprint density at radius 1 is 1.13 bits per heavy atom. The number of carbonyl (C=O) groups excluding carboxylic acids is 1. The van der Waals surface area contributed by atoms with Crippen LogP contribution in [0.25, 0.3) is 11.3 Å². The van der Waals surface area contributed by atoms with Crippen molar-refractivity contribution in [3.63, 3.8) is 0 Å². The SMILES string of the molecule is CN(C1CCCCC1)S(=O)(=O)N1CCN(C(=O)c2cc(-c3cccc(Cl)c3)on2)CC1. The molecule has 1 aromatic carbocycles. The minimum atomic E-state index is -3.53. The summed E-state index contributed by atoms with van der Waals surface area (Å²) in [4.78, 5) is 14.5. The number of rotatable bonds is 5. The zero-order valence-corrected chi connectivity index (χ0v) is 19.1. The van der Waals surface area contributed by atoms with Gasteiger partial charge in [0, 0.05) is 55.9 Å². The number of halogens is 1. The van der Waals surface area contributed by atoms with Crippen LogP contribution < -0.4 is 0 Å². The molecule has 2 fully saturated rings. The molecule has 0 unspecified atom stereocenters. The molecule has 0 bridgehead atoms. The molecule has 0 N–H and O–H groups in total. The average Bonchev–Trinajstić information content (AvgIpc) is 3.29. The van der Waals surface area contributed by atoms with Crippen molar-refractivity contribution >= 4 is 27.7 Å². The molecule has 2 heterocycles. The van der Waals surface area contributed by atoms with Gasteiger partial charge in [0.2, 0.25) is 0 Å². The quantitative estimate of drug-likeness (QED) is 0.675. The third-order valence-electron chi connectivity index (χ3n) is 6.14. The molecule has 2 aromatic rings. The summed E-state index contributed by atoms with van der Waals surface area (Å²) in [5.74, 6) is 0.191. The topological polar surface area (TPSA) is 87.0 Å². The van der Waals surface area contributed by atoms with Crippen LogP contribution in [0.5, 0.6) is 0 Å². The second kappa shape index (κ2) is 9.28. The van der Waals surface area contributed by atoms with Crippen LogP contribution in [-0.2, 0) is 10.2 Å². The fourth-order valence-electron chi connectivity index (χ4n) is 4.25.